The number of anilines is 1. The van der Waals surface area contributed by atoms with Gasteiger partial charge in [-0.2, -0.15) is 0 Å². The van der Waals surface area contributed by atoms with E-state index >= 15 is 0 Å². The number of nitrogens with zero attached hydrogens (tertiary/aromatic N) is 3. The van der Waals surface area contributed by atoms with Crippen molar-refractivity contribution in [2.75, 3.05) is 18.0 Å². The number of halogens is 1. The molecule has 1 aliphatic heterocycles. The lowest BCUT2D eigenvalue weighted by Gasteiger charge is -2.15. The van der Waals surface area contributed by atoms with Crippen LogP contribution in [0.4, 0.5) is 5.82 Å². The highest BCUT2D eigenvalue weighted by Crippen LogP contribution is 2.21. The van der Waals surface area contributed by atoms with Crippen LogP contribution in [0.5, 0.6) is 0 Å². The zero-order valence-electron chi connectivity index (χ0n) is 7.57. The highest BCUT2D eigenvalue weighted by molar-refractivity contribution is 9.10. The molecule has 4 heteroatoms. The van der Waals surface area contributed by atoms with Crippen LogP contribution < -0.4 is 4.90 Å². The minimum Gasteiger partial charge on any atom is -0.355 e. The number of aromatic nitrogens is 2. The van der Waals surface area contributed by atoms with Crippen molar-refractivity contribution in [3.63, 3.8) is 0 Å². The van der Waals surface area contributed by atoms with Crippen LogP contribution in [0.25, 0.3) is 0 Å². The summed E-state index contributed by atoms with van der Waals surface area (Å²) >= 11 is 3.27. The Hall–Kier alpha value is -0.640. The maximum absolute atomic E-state index is 4.31. The molecule has 2 heterocycles. The Bertz CT molecular complexity index is 285. The molecule has 0 radical (unpaired) electrons. The molecule has 0 saturated carbocycles. The van der Waals surface area contributed by atoms with E-state index < -0.39 is 0 Å². The van der Waals surface area contributed by atoms with E-state index in [9.17, 15) is 0 Å². The van der Waals surface area contributed by atoms with Gasteiger partial charge in [0.05, 0.1) is 12.4 Å². The Kier molecular flexibility index (Phi) is 2.49. The topological polar surface area (TPSA) is 29.0 Å². The summed E-state index contributed by atoms with van der Waals surface area (Å²) in [6.45, 7) is 4.49. The summed E-state index contributed by atoms with van der Waals surface area (Å²) in [6.07, 6.45) is 4.83. The van der Waals surface area contributed by atoms with Gasteiger partial charge in [-0.25, -0.2) is 9.97 Å². The van der Waals surface area contributed by atoms with Gasteiger partial charge in [-0.1, -0.05) is 6.92 Å². The van der Waals surface area contributed by atoms with Crippen LogP contribution >= 0.6 is 15.9 Å². The molecule has 3 nitrogen and oxygen atoms in total. The van der Waals surface area contributed by atoms with Crippen molar-refractivity contribution in [1.29, 1.82) is 0 Å². The molecule has 0 spiro atoms. The molecular weight excluding hydrogens is 230 g/mol. The van der Waals surface area contributed by atoms with E-state index in [4.69, 9.17) is 0 Å². The minimum absolute atomic E-state index is 0.783. The first-order valence-electron chi connectivity index (χ1n) is 4.48. The van der Waals surface area contributed by atoms with Gasteiger partial charge in [-0.15, -0.1) is 0 Å². The van der Waals surface area contributed by atoms with Crippen LogP contribution in [-0.4, -0.2) is 23.1 Å². The normalized spacial score (nSPS) is 22.3. The highest BCUT2D eigenvalue weighted by atomic mass is 79.9. The number of rotatable bonds is 1. The summed E-state index contributed by atoms with van der Waals surface area (Å²) in [6, 6.07) is 0. The molecule has 13 heavy (non-hydrogen) atoms. The quantitative estimate of drug-likeness (QED) is 0.755. The monoisotopic (exact) mass is 241 g/mol. The van der Waals surface area contributed by atoms with Gasteiger partial charge >= 0.3 is 0 Å². The molecule has 0 aliphatic carbocycles. The van der Waals surface area contributed by atoms with Gasteiger partial charge < -0.3 is 4.90 Å². The van der Waals surface area contributed by atoms with Crippen LogP contribution in [-0.2, 0) is 0 Å². The van der Waals surface area contributed by atoms with Crippen LogP contribution in [0.2, 0.25) is 0 Å². The Labute approximate surface area is 86.3 Å². The molecule has 1 saturated heterocycles. The van der Waals surface area contributed by atoms with E-state index in [-0.39, 0.29) is 0 Å². The van der Waals surface area contributed by atoms with Gasteiger partial charge in [0, 0.05) is 13.1 Å². The maximum atomic E-state index is 4.31. The lowest BCUT2D eigenvalue weighted by atomic mass is 10.2. The van der Waals surface area contributed by atoms with Crippen molar-refractivity contribution in [3.8, 4) is 0 Å². The molecule has 1 aliphatic rings. The van der Waals surface area contributed by atoms with Crippen molar-refractivity contribution in [2.24, 2.45) is 5.92 Å². The zero-order chi connectivity index (χ0) is 9.26. The van der Waals surface area contributed by atoms with Crippen molar-refractivity contribution in [3.05, 3.63) is 17.0 Å². The Balaban J connectivity index is 2.13. The molecule has 0 N–H and O–H groups in total. The third kappa shape index (κ3) is 1.99. The molecular formula is C9H12BrN3. The van der Waals surface area contributed by atoms with Crippen molar-refractivity contribution >= 4 is 21.7 Å². The van der Waals surface area contributed by atoms with Crippen LogP contribution in [0.3, 0.4) is 0 Å². The third-order valence-corrected chi connectivity index (χ3v) is 2.76. The van der Waals surface area contributed by atoms with Crippen molar-refractivity contribution < 1.29 is 0 Å². The predicted molar refractivity (Wildman–Crippen MR) is 55.7 cm³/mol. The lowest BCUT2D eigenvalue weighted by Crippen LogP contribution is -2.20. The van der Waals surface area contributed by atoms with Gasteiger partial charge in [0.25, 0.3) is 0 Å². The summed E-state index contributed by atoms with van der Waals surface area (Å²) in [5.41, 5.74) is 0. The van der Waals surface area contributed by atoms with Crippen molar-refractivity contribution in [2.45, 2.75) is 13.3 Å². The van der Waals surface area contributed by atoms with E-state index in [1.165, 1.54) is 6.42 Å². The smallest absolute Gasteiger partial charge is 0.147 e. The second-order valence-electron chi connectivity index (χ2n) is 3.54. The maximum Gasteiger partial charge on any atom is 0.147 e. The first-order valence-corrected chi connectivity index (χ1v) is 5.27. The fourth-order valence-corrected chi connectivity index (χ4v) is 1.82. The van der Waals surface area contributed by atoms with Gasteiger partial charge in [0.2, 0.25) is 0 Å². The van der Waals surface area contributed by atoms with E-state index in [0.29, 0.717) is 0 Å². The minimum atomic E-state index is 0.783. The molecule has 0 bridgehead atoms. The molecule has 1 fully saturated rings. The summed E-state index contributed by atoms with van der Waals surface area (Å²) in [4.78, 5) is 10.8. The van der Waals surface area contributed by atoms with E-state index in [1.807, 2.05) is 6.20 Å². The van der Waals surface area contributed by atoms with E-state index in [0.717, 1.165) is 29.4 Å². The Morgan fingerprint density at radius 3 is 2.85 bits per heavy atom. The number of hydrogen-bond donors (Lipinski definition) is 0. The summed E-state index contributed by atoms with van der Waals surface area (Å²) in [7, 11) is 0. The molecule has 2 rings (SSSR count). The average Bonchev–Trinajstić information content (AvgIpc) is 2.53. The SMILES string of the molecule is CC1CCN(c2cnc(Br)cn2)C1. The van der Waals surface area contributed by atoms with E-state index in [1.54, 1.807) is 6.20 Å². The fraction of sp³-hybridized carbons (Fsp3) is 0.556. The summed E-state index contributed by atoms with van der Waals surface area (Å²) < 4.78 is 0.795. The van der Waals surface area contributed by atoms with Gasteiger partial charge in [-0.05, 0) is 28.3 Å². The van der Waals surface area contributed by atoms with Crippen LogP contribution in [0, 0.1) is 5.92 Å². The average molecular weight is 242 g/mol. The predicted octanol–water partition coefficient (Wildman–Crippen LogP) is 2.09. The highest BCUT2D eigenvalue weighted by Gasteiger charge is 2.19. The summed E-state index contributed by atoms with van der Waals surface area (Å²) in [5.74, 6) is 1.78. The van der Waals surface area contributed by atoms with Gasteiger partial charge in [0.15, 0.2) is 0 Å². The first-order chi connectivity index (χ1) is 6.25. The second kappa shape index (κ2) is 3.62. The molecule has 1 unspecified atom stereocenters. The molecule has 70 valence electrons. The standard InChI is InChI=1S/C9H12BrN3/c1-7-2-3-13(6-7)9-5-11-8(10)4-12-9/h4-5,7H,2-3,6H2,1H3. The van der Waals surface area contributed by atoms with Gasteiger partial charge in [0.1, 0.15) is 10.4 Å². The molecule has 1 atom stereocenters. The third-order valence-electron chi connectivity index (χ3n) is 2.35. The molecule has 1 aromatic rings. The second-order valence-corrected chi connectivity index (χ2v) is 4.35. The van der Waals surface area contributed by atoms with Gasteiger partial charge in [-0.3, -0.25) is 0 Å². The Morgan fingerprint density at radius 1 is 1.46 bits per heavy atom. The van der Waals surface area contributed by atoms with Crippen LogP contribution in [0.1, 0.15) is 13.3 Å². The molecule has 1 aromatic heterocycles. The largest absolute Gasteiger partial charge is 0.355 e. The Morgan fingerprint density at radius 2 is 2.31 bits per heavy atom. The zero-order valence-corrected chi connectivity index (χ0v) is 9.16. The summed E-state index contributed by atoms with van der Waals surface area (Å²) in [5, 5.41) is 0. The van der Waals surface area contributed by atoms with Crippen molar-refractivity contribution in [1.82, 2.24) is 9.97 Å². The fourth-order valence-electron chi connectivity index (χ4n) is 1.61. The molecule has 0 amide bonds. The number of hydrogen-bond acceptors (Lipinski definition) is 3. The lowest BCUT2D eigenvalue weighted by molar-refractivity contribution is 0.658. The molecule has 0 aromatic carbocycles. The van der Waals surface area contributed by atoms with Crippen LogP contribution in [0.15, 0.2) is 17.0 Å². The first kappa shape index (κ1) is 8.94. The van der Waals surface area contributed by atoms with E-state index in [2.05, 4.69) is 37.7 Å².